The first-order valence-electron chi connectivity index (χ1n) is 11.1. The van der Waals surface area contributed by atoms with Gasteiger partial charge < -0.3 is 19.5 Å². The maximum atomic E-state index is 12.9. The maximum Gasteiger partial charge on any atom is 0.356 e. The summed E-state index contributed by atoms with van der Waals surface area (Å²) in [4.78, 5) is 45.8. The molecule has 2 fully saturated rings. The number of methoxy groups -OCH3 is 1. The van der Waals surface area contributed by atoms with Crippen LogP contribution in [0.4, 0.5) is 5.82 Å². The van der Waals surface area contributed by atoms with Crippen molar-refractivity contribution in [1.29, 1.82) is 0 Å². The van der Waals surface area contributed by atoms with Gasteiger partial charge >= 0.3 is 5.97 Å². The van der Waals surface area contributed by atoms with E-state index in [0.717, 1.165) is 56.7 Å². The van der Waals surface area contributed by atoms with E-state index in [1.165, 1.54) is 7.11 Å². The van der Waals surface area contributed by atoms with Gasteiger partial charge in [0.25, 0.3) is 0 Å². The molecule has 5 heterocycles. The highest BCUT2D eigenvalue weighted by Crippen LogP contribution is 2.26. The fraction of sp³-hybridized carbons (Fsp3) is 0.435. The topological polar surface area (TPSA) is 104 Å². The number of H-pyrrole nitrogens is 1. The molecule has 3 aromatic rings. The lowest BCUT2D eigenvalue weighted by molar-refractivity contribution is -0.134. The molecule has 0 aliphatic carbocycles. The number of carbonyl (C=O) groups excluding carboxylic acids is 2. The molecule has 2 aliphatic rings. The van der Waals surface area contributed by atoms with Gasteiger partial charge in [-0.25, -0.2) is 19.7 Å². The van der Waals surface area contributed by atoms with Gasteiger partial charge in [-0.05, 0) is 49.9 Å². The first kappa shape index (κ1) is 20.4. The number of anilines is 1. The lowest BCUT2D eigenvalue weighted by atomic mass is 9.96. The van der Waals surface area contributed by atoms with Crippen molar-refractivity contribution in [2.45, 2.75) is 25.7 Å². The van der Waals surface area contributed by atoms with Gasteiger partial charge in [-0.1, -0.05) is 6.07 Å². The molecule has 1 unspecified atom stereocenters. The third-order valence-corrected chi connectivity index (χ3v) is 6.23. The number of aromatic nitrogens is 4. The van der Waals surface area contributed by atoms with Crippen LogP contribution in [-0.2, 0) is 9.53 Å². The quantitative estimate of drug-likeness (QED) is 0.630. The number of pyridine rings is 2. The average Bonchev–Trinajstić information content (AvgIpc) is 3.53. The molecule has 0 radical (unpaired) electrons. The molecule has 0 saturated carbocycles. The zero-order valence-electron chi connectivity index (χ0n) is 18.1. The number of nitrogens with zero attached hydrogens (tertiary/aromatic N) is 5. The van der Waals surface area contributed by atoms with Crippen LogP contribution in [0.5, 0.6) is 0 Å². The number of rotatable bonds is 4. The van der Waals surface area contributed by atoms with Gasteiger partial charge in [0.1, 0.15) is 17.2 Å². The summed E-state index contributed by atoms with van der Waals surface area (Å²) in [6.45, 7) is 3.34. The maximum absolute atomic E-state index is 12.9. The van der Waals surface area contributed by atoms with E-state index in [4.69, 9.17) is 9.72 Å². The fourth-order valence-electron chi connectivity index (χ4n) is 4.55. The number of aromatic amines is 1. The molecule has 32 heavy (non-hydrogen) atoms. The molecule has 5 rings (SSSR count). The van der Waals surface area contributed by atoms with Gasteiger partial charge in [-0.2, -0.15) is 0 Å². The van der Waals surface area contributed by atoms with E-state index < -0.39 is 5.97 Å². The zero-order valence-corrected chi connectivity index (χ0v) is 18.1. The standard InChI is InChI=1S/C23H26N6O3/c1-32-23(31)18-8-4-7-16(24-18)20-25-17-9-10-19(26-21(17)27-20)29-13-5-6-15(14-29)22(30)28-11-2-3-12-28/h4,7-10,15H,2-3,5-6,11-14H2,1H3,(H,25,26,27). The van der Waals surface area contributed by atoms with Crippen LogP contribution in [0, 0.1) is 5.92 Å². The normalized spacial score (nSPS) is 18.8. The minimum absolute atomic E-state index is 0.0272. The van der Waals surface area contributed by atoms with Crippen LogP contribution in [0.1, 0.15) is 36.2 Å². The van der Waals surface area contributed by atoms with Gasteiger partial charge in [0.05, 0.1) is 18.5 Å². The molecule has 2 aliphatic heterocycles. The van der Waals surface area contributed by atoms with Crippen molar-refractivity contribution in [3.05, 3.63) is 36.0 Å². The number of likely N-dealkylation sites (tertiary alicyclic amines) is 1. The predicted molar refractivity (Wildman–Crippen MR) is 119 cm³/mol. The van der Waals surface area contributed by atoms with Crippen LogP contribution in [0.2, 0.25) is 0 Å². The number of esters is 1. The van der Waals surface area contributed by atoms with Gasteiger partial charge in [-0.3, -0.25) is 4.79 Å². The summed E-state index contributed by atoms with van der Waals surface area (Å²) in [6.07, 6.45) is 4.13. The minimum atomic E-state index is -0.494. The Balaban J connectivity index is 1.37. The molecule has 166 valence electrons. The van der Waals surface area contributed by atoms with Gasteiger partial charge in [-0.15, -0.1) is 0 Å². The van der Waals surface area contributed by atoms with Crippen LogP contribution >= 0.6 is 0 Å². The third-order valence-electron chi connectivity index (χ3n) is 6.23. The Morgan fingerprint density at radius 1 is 1.03 bits per heavy atom. The third kappa shape index (κ3) is 3.90. The Morgan fingerprint density at radius 2 is 1.88 bits per heavy atom. The van der Waals surface area contributed by atoms with Gasteiger partial charge in [0.15, 0.2) is 11.5 Å². The second kappa shape index (κ2) is 8.57. The number of imidazole rings is 1. The van der Waals surface area contributed by atoms with Crippen molar-refractivity contribution in [3.63, 3.8) is 0 Å². The number of piperidine rings is 1. The van der Waals surface area contributed by atoms with Crippen LogP contribution in [-0.4, -0.2) is 70.0 Å². The van der Waals surface area contributed by atoms with E-state index in [2.05, 4.69) is 19.9 Å². The number of amides is 1. The summed E-state index contributed by atoms with van der Waals surface area (Å²) in [5.41, 5.74) is 2.13. The van der Waals surface area contributed by atoms with E-state index in [9.17, 15) is 9.59 Å². The van der Waals surface area contributed by atoms with E-state index in [0.29, 0.717) is 23.7 Å². The highest BCUT2D eigenvalue weighted by Gasteiger charge is 2.31. The predicted octanol–water partition coefficient (Wildman–Crippen LogP) is 2.65. The highest BCUT2D eigenvalue weighted by molar-refractivity contribution is 5.88. The second-order valence-corrected chi connectivity index (χ2v) is 8.34. The van der Waals surface area contributed by atoms with Crippen LogP contribution in [0.3, 0.4) is 0 Å². The Bertz CT molecular complexity index is 1150. The molecule has 9 heteroatoms. The van der Waals surface area contributed by atoms with E-state index in [1.807, 2.05) is 17.0 Å². The van der Waals surface area contributed by atoms with Crippen LogP contribution < -0.4 is 4.90 Å². The minimum Gasteiger partial charge on any atom is -0.464 e. The van der Waals surface area contributed by atoms with Gasteiger partial charge in [0, 0.05) is 26.2 Å². The molecule has 0 aromatic carbocycles. The lowest BCUT2D eigenvalue weighted by Crippen LogP contribution is -2.44. The zero-order chi connectivity index (χ0) is 22.1. The summed E-state index contributed by atoms with van der Waals surface area (Å²) in [7, 11) is 1.33. The van der Waals surface area contributed by atoms with Crippen molar-refractivity contribution in [3.8, 4) is 11.5 Å². The summed E-state index contributed by atoms with van der Waals surface area (Å²) in [5, 5.41) is 0. The molecular weight excluding hydrogens is 408 g/mol. The Morgan fingerprint density at radius 3 is 2.69 bits per heavy atom. The smallest absolute Gasteiger partial charge is 0.356 e. The van der Waals surface area contributed by atoms with E-state index >= 15 is 0 Å². The van der Waals surface area contributed by atoms with E-state index in [1.54, 1.807) is 18.2 Å². The fourth-order valence-corrected chi connectivity index (χ4v) is 4.55. The molecule has 2 saturated heterocycles. The number of nitrogens with one attached hydrogen (secondary N) is 1. The summed E-state index contributed by atoms with van der Waals surface area (Å²) >= 11 is 0. The van der Waals surface area contributed by atoms with E-state index in [-0.39, 0.29) is 17.5 Å². The molecule has 0 bridgehead atoms. The molecule has 1 atom stereocenters. The van der Waals surface area contributed by atoms with Crippen molar-refractivity contribution < 1.29 is 14.3 Å². The van der Waals surface area contributed by atoms with Crippen molar-refractivity contribution in [2.24, 2.45) is 5.92 Å². The number of hydrogen-bond acceptors (Lipinski definition) is 7. The van der Waals surface area contributed by atoms with Crippen LogP contribution in [0.15, 0.2) is 30.3 Å². The SMILES string of the molecule is COC(=O)c1cccc(-c2nc3nc(N4CCCC(C(=O)N5CCCC5)C4)ccc3[nH]2)n1. The first-order chi connectivity index (χ1) is 15.6. The first-order valence-corrected chi connectivity index (χ1v) is 11.1. The number of ether oxygens (including phenoxy) is 1. The summed E-state index contributed by atoms with van der Waals surface area (Å²) in [5.74, 6) is 1.18. The van der Waals surface area contributed by atoms with Crippen molar-refractivity contribution in [2.75, 3.05) is 38.2 Å². The van der Waals surface area contributed by atoms with Crippen molar-refractivity contribution in [1.82, 2.24) is 24.8 Å². The van der Waals surface area contributed by atoms with Crippen LogP contribution in [0.25, 0.3) is 22.7 Å². The molecule has 1 amide bonds. The summed E-state index contributed by atoms with van der Waals surface area (Å²) < 4.78 is 4.75. The Hall–Kier alpha value is -3.49. The molecular formula is C23H26N6O3. The largest absolute Gasteiger partial charge is 0.464 e. The molecule has 1 N–H and O–H groups in total. The lowest BCUT2D eigenvalue weighted by Gasteiger charge is -2.34. The summed E-state index contributed by atoms with van der Waals surface area (Å²) in [6, 6.07) is 9.04. The molecule has 0 spiro atoms. The highest BCUT2D eigenvalue weighted by atomic mass is 16.5. The Labute approximate surface area is 185 Å². The number of carbonyl (C=O) groups is 2. The molecule has 3 aromatic heterocycles. The van der Waals surface area contributed by atoms with Gasteiger partial charge in [0.2, 0.25) is 5.91 Å². The number of fused-ring (bicyclic) bond motifs is 1. The van der Waals surface area contributed by atoms with Crippen molar-refractivity contribution >= 4 is 28.9 Å². The Kier molecular flexibility index (Phi) is 5.46. The monoisotopic (exact) mass is 434 g/mol. The number of hydrogen-bond donors (Lipinski definition) is 1. The average molecular weight is 435 g/mol. The molecule has 9 nitrogen and oxygen atoms in total. The second-order valence-electron chi connectivity index (χ2n) is 8.34.